The predicted molar refractivity (Wildman–Crippen MR) is 90.5 cm³/mol. The van der Waals surface area contributed by atoms with Gasteiger partial charge in [-0.3, -0.25) is 0 Å². The zero-order valence-corrected chi connectivity index (χ0v) is 13.5. The fourth-order valence-corrected chi connectivity index (χ4v) is 3.24. The molecule has 1 saturated carbocycles. The summed E-state index contributed by atoms with van der Waals surface area (Å²) in [4.78, 5) is 20.8. The average Bonchev–Trinajstić information content (AvgIpc) is 2.57. The van der Waals surface area contributed by atoms with Crippen LogP contribution in [0.1, 0.15) is 37.7 Å². The van der Waals surface area contributed by atoms with Gasteiger partial charge in [0.2, 0.25) is 5.95 Å². The number of aliphatic hydroxyl groups excluding tert-OH is 1. The van der Waals surface area contributed by atoms with Crippen LogP contribution in [0.3, 0.4) is 0 Å². The maximum Gasteiger partial charge on any atom is 0.407 e. The van der Waals surface area contributed by atoms with Crippen molar-refractivity contribution in [1.82, 2.24) is 14.9 Å². The summed E-state index contributed by atoms with van der Waals surface area (Å²) >= 11 is 0. The van der Waals surface area contributed by atoms with Crippen molar-refractivity contribution in [2.24, 2.45) is 0 Å². The molecule has 1 fully saturated rings. The van der Waals surface area contributed by atoms with Gasteiger partial charge >= 0.3 is 6.09 Å². The third-order valence-electron chi connectivity index (χ3n) is 4.67. The predicted octanol–water partition coefficient (Wildman–Crippen LogP) is 1.54. The minimum Gasteiger partial charge on any atom is -0.465 e. The lowest BCUT2D eigenvalue weighted by Crippen LogP contribution is -2.33. The molecule has 1 amide bonds. The van der Waals surface area contributed by atoms with Crippen molar-refractivity contribution in [2.45, 2.75) is 44.2 Å². The Kier molecular flexibility index (Phi) is 4.84. The maximum atomic E-state index is 11.0. The molecular formula is C16H23N5O3. The van der Waals surface area contributed by atoms with Crippen LogP contribution in [-0.2, 0) is 0 Å². The third kappa shape index (κ3) is 3.76. The zero-order chi connectivity index (χ0) is 17.1. The standard InChI is InChI=1S/C16H23N5O3/c17-15-18-9-13(10-5-7-21(8-6-10)16(23)24)14(20-15)19-11-1-3-12(22)4-2-11/h5,9,11-12,22H,1-4,6-8H2,(H,23,24)(H3,17,18,19,20)/t11-,12-. The maximum absolute atomic E-state index is 11.0. The number of nitrogens with one attached hydrogen (secondary N) is 1. The van der Waals surface area contributed by atoms with E-state index in [1.807, 2.05) is 6.08 Å². The van der Waals surface area contributed by atoms with Gasteiger partial charge in [-0.25, -0.2) is 9.78 Å². The summed E-state index contributed by atoms with van der Waals surface area (Å²) in [5.41, 5.74) is 7.65. The Bertz CT molecular complexity index is 641. The van der Waals surface area contributed by atoms with Crippen molar-refractivity contribution < 1.29 is 15.0 Å². The van der Waals surface area contributed by atoms with E-state index >= 15 is 0 Å². The first-order valence-corrected chi connectivity index (χ1v) is 8.27. The molecule has 1 aliphatic heterocycles. The molecule has 0 atom stereocenters. The summed E-state index contributed by atoms with van der Waals surface area (Å²) in [5, 5.41) is 22.1. The van der Waals surface area contributed by atoms with Crippen LogP contribution in [0.25, 0.3) is 5.57 Å². The van der Waals surface area contributed by atoms with Gasteiger partial charge in [0.15, 0.2) is 0 Å². The summed E-state index contributed by atoms with van der Waals surface area (Å²) in [5.74, 6) is 0.902. The van der Waals surface area contributed by atoms with Crippen molar-refractivity contribution >= 4 is 23.4 Å². The normalized spacial score (nSPS) is 24.4. The lowest BCUT2D eigenvalue weighted by atomic mass is 9.92. The molecule has 0 unspecified atom stereocenters. The van der Waals surface area contributed by atoms with Gasteiger partial charge < -0.3 is 26.2 Å². The van der Waals surface area contributed by atoms with E-state index < -0.39 is 6.09 Å². The van der Waals surface area contributed by atoms with Crippen LogP contribution in [0.2, 0.25) is 0 Å². The van der Waals surface area contributed by atoms with E-state index in [1.165, 1.54) is 4.90 Å². The van der Waals surface area contributed by atoms with Crippen molar-refractivity contribution in [3.63, 3.8) is 0 Å². The van der Waals surface area contributed by atoms with E-state index in [1.54, 1.807) is 6.20 Å². The van der Waals surface area contributed by atoms with Gasteiger partial charge in [-0.1, -0.05) is 6.08 Å². The van der Waals surface area contributed by atoms with Gasteiger partial charge in [-0.05, 0) is 37.7 Å². The molecule has 2 heterocycles. The van der Waals surface area contributed by atoms with Gasteiger partial charge in [-0.15, -0.1) is 0 Å². The van der Waals surface area contributed by atoms with Crippen LogP contribution in [0.15, 0.2) is 12.3 Å². The second-order valence-electron chi connectivity index (χ2n) is 6.35. The van der Waals surface area contributed by atoms with E-state index in [2.05, 4.69) is 15.3 Å². The molecule has 130 valence electrons. The van der Waals surface area contributed by atoms with Gasteiger partial charge in [0.25, 0.3) is 0 Å². The summed E-state index contributed by atoms with van der Waals surface area (Å²) in [6.45, 7) is 0.824. The SMILES string of the molecule is Nc1ncc(C2=CCN(C(=O)O)CC2)c(N[C@H]2CC[C@H](O)CC2)n1. The highest BCUT2D eigenvalue weighted by Crippen LogP contribution is 2.30. The Hall–Kier alpha value is -2.35. The molecule has 0 spiro atoms. The molecule has 3 rings (SSSR count). The van der Waals surface area contributed by atoms with Crippen LogP contribution in [0.4, 0.5) is 16.6 Å². The molecule has 1 aliphatic carbocycles. The Morgan fingerprint density at radius 2 is 2.08 bits per heavy atom. The monoisotopic (exact) mass is 333 g/mol. The molecule has 5 N–H and O–H groups in total. The van der Waals surface area contributed by atoms with Gasteiger partial charge in [0.05, 0.1) is 6.10 Å². The Morgan fingerprint density at radius 3 is 2.71 bits per heavy atom. The molecule has 0 aromatic carbocycles. The van der Waals surface area contributed by atoms with Crippen molar-refractivity contribution in [2.75, 3.05) is 24.1 Å². The molecule has 2 aliphatic rings. The number of hydrogen-bond donors (Lipinski definition) is 4. The highest BCUT2D eigenvalue weighted by atomic mass is 16.4. The fourth-order valence-electron chi connectivity index (χ4n) is 3.24. The smallest absolute Gasteiger partial charge is 0.407 e. The number of nitrogens with two attached hydrogens (primary N) is 1. The van der Waals surface area contributed by atoms with Crippen molar-refractivity contribution in [3.05, 3.63) is 17.8 Å². The quantitative estimate of drug-likeness (QED) is 0.661. The van der Waals surface area contributed by atoms with E-state index in [0.717, 1.165) is 36.8 Å². The number of aromatic nitrogens is 2. The van der Waals surface area contributed by atoms with Gasteiger partial charge in [0.1, 0.15) is 5.82 Å². The van der Waals surface area contributed by atoms with Crippen LogP contribution >= 0.6 is 0 Å². The molecule has 8 nitrogen and oxygen atoms in total. The van der Waals surface area contributed by atoms with Crippen LogP contribution in [0, 0.1) is 0 Å². The average molecular weight is 333 g/mol. The van der Waals surface area contributed by atoms with E-state index in [-0.39, 0.29) is 18.1 Å². The number of amides is 1. The Balaban J connectivity index is 1.77. The number of nitrogens with zero attached hydrogens (tertiary/aromatic N) is 3. The lowest BCUT2D eigenvalue weighted by Gasteiger charge is -2.28. The lowest BCUT2D eigenvalue weighted by molar-refractivity contribution is 0.126. The number of anilines is 2. The second kappa shape index (κ2) is 7.04. The number of nitrogen functional groups attached to an aromatic ring is 1. The minimum atomic E-state index is -0.905. The van der Waals surface area contributed by atoms with Gasteiger partial charge in [0, 0.05) is 30.9 Å². The summed E-state index contributed by atoms with van der Waals surface area (Å²) in [6.07, 6.45) is 6.45. The molecular weight excluding hydrogens is 310 g/mol. The number of carboxylic acid groups (broad SMARTS) is 1. The van der Waals surface area contributed by atoms with Crippen LogP contribution in [0.5, 0.6) is 0 Å². The topological polar surface area (TPSA) is 125 Å². The largest absolute Gasteiger partial charge is 0.465 e. The molecule has 8 heteroatoms. The first-order valence-electron chi connectivity index (χ1n) is 8.27. The highest BCUT2D eigenvalue weighted by molar-refractivity contribution is 5.76. The Labute approximate surface area is 140 Å². The van der Waals surface area contributed by atoms with Crippen LogP contribution < -0.4 is 11.1 Å². The van der Waals surface area contributed by atoms with Crippen molar-refractivity contribution in [1.29, 1.82) is 0 Å². The first kappa shape index (κ1) is 16.5. The third-order valence-corrected chi connectivity index (χ3v) is 4.67. The molecule has 1 aromatic heterocycles. The summed E-state index contributed by atoms with van der Waals surface area (Å²) < 4.78 is 0. The Morgan fingerprint density at radius 1 is 1.33 bits per heavy atom. The van der Waals surface area contributed by atoms with Crippen LogP contribution in [-0.4, -0.2) is 56.4 Å². The number of rotatable bonds is 3. The molecule has 0 radical (unpaired) electrons. The van der Waals surface area contributed by atoms with E-state index in [4.69, 9.17) is 10.8 Å². The molecule has 1 aromatic rings. The second-order valence-corrected chi connectivity index (χ2v) is 6.35. The van der Waals surface area contributed by atoms with Crippen molar-refractivity contribution in [3.8, 4) is 0 Å². The fraction of sp³-hybridized carbons (Fsp3) is 0.562. The summed E-state index contributed by atoms with van der Waals surface area (Å²) in [6, 6.07) is 0.251. The molecule has 0 bridgehead atoms. The zero-order valence-electron chi connectivity index (χ0n) is 13.5. The van der Waals surface area contributed by atoms with Gasteiger partial charge in [-0.2, -0.15) is 4.98 Å². The van der Waals surface area contributed by atoms with E-state index in [0.29, 0.717) is 25.3 Å². The highest BCUT2D eigenvalue weighted by Gasteiger charge is 2.23. The molecule has 0 saturated heterocycles. The number of hydrogen-bond acceptors (Lipinski definition) is 6. The molecule has 24 heavy (non-hydrogen) atoms. The summed E-state index contributed by atoms with van der Waals surface area (Å²) in [7, 11) is 0. The number of aliphatic hydroxyl groups is 1. The first-order chi connectivity index (χ1) is 11.5. The van der Waals surface area contributed by atoms with E-state index in [9.17, 15) is 9.90 Å². The minimum absolute atomic E-state index is 0.207. The number of carbonyl (C=O) groups is 1.